The van der Waals surface area contributed by atoms with E-state index in [0.29, 0.717) is 28.0 Å². The molecule has 0 unspecified atom stereocenters. The van der Waals surface area contributed by atoms with Crippen LogP contribution in [-0.4, -0.2) is 71.0 Å². The molecule has 1 saturated heterocycles. The topological polar surface area (TPSA) is 109 Å². The molecule has 30 heavy (non-hydrogen) atoms. The average Bonchev–Trinajstić information content (AvgIpc) is 3.20. The van der Waals surface area contributed by atoms with Gasteiger partial charge in [0.2, 0.25) is 0 Å². The van der Waals surface area contributed by atoms with Crippen LogP contribution in [0, 0.1) is 16.7 Å². The van der Waals surface area contributed by atoms with Crippen molar-refractivity contribution in [1.29, 1.82) is 10.7 Å². The molecule has 4 rings (SSSR count). The second-order valence-electron chi connectivity index (χ2n) is 7.17. The molecular formula is C21H23N9. The van der Waals surface area contributed by atoms with Gasteiger partial charge in [-0.3, -0.25) is 0 Å². The first-order chi connectivity index (χ1) is 14.6. The van der Waals surface area contributed by atoms with E-state index in [1.165, 1.54) is 12.4 Å². The van der Waals surface area contributed by atoms with E-state index in [0.717, 1.165) is 37.6 Å². The number of anilines is 1. The van der Waals surface area contributed by atoms with Crippen molar-refractivity contribution >= 4 is 23.1 Å². The number of fused-ring (bicyclic) bond motifs is 1. The smallest absolute Gasteiger partial charge is 0.128 e. The highest BCUT2D eigenvalue weighted by atomic mass is 15.3. The van der Waals surface area contributed by atoms with Crippen LogP contribution in [0.25, 0.3) is 22.3 Å². The molecule has 9 heteroatoms. The maximum absolute atomic E-state index is 9.53. The van der Waals surface area contributed by atoms with Crippen molar-refractivity contribution in [2.45, 2.75) is 0 Å². The molecule has 0 atom stereocenters. The first-order valence-corrected chi connectivity index (χ1v) is 9.71. The zero-order chi connectivity index (χ0) is 21.1. The Morgan fingerprint density at radius 2 is 2.03 bits per heavy atom. The van der Waals surface area contributed by atoms with Crippen molar-refractivity contribution in [2.75, 3.05) is 45.2 Å². The van der Waals surface area contributed by atoms with Gasteiger partial charge in [0.1, 0.15) is 23.0 Å². The Morgan fingerprint density at radius 1 is 1.23 bits per heavy atom. The van der Waals surface area contributed by atoms with Crippen LogP contribution in [0.3, 0.4) is 0 Å². The summed E-state index contributed by atoms with van der Waals surface area (Å²) in [5, 5.41) is 24.5. The van der Waals surface area contributed by atoms with Crippen molar-refractivity contribution in [3.63, 3.8) is 0 Å². The number of nitriles is 1. The molecule has 2 N–H and O–H groups in total. The largest absolute Gasteiger partial charge is 0.393 e. The van der Waals surface area contributed by atoms with Gasteiger partial charge in [-0.1, -0.05) is 0 Å². The molecule has 0 saturated carbocycles. The van der Waals surface area contributed by atoms with Crippen molar-refractivity contribution < 1.29 is 0 Å². The molecule has 0 amide bonds. The van der Waals surface area contributed by atoms with Gasteiger partial charge in [0.15, 0.2) is 0 Å². The van der Waals surface area contributed by atoms with Crippen LogP contribution in [0.5, 0.6) is 0 Å². The van der Waals surface area contributed by atoms with Crippen molar-refractivity contribution in [2.24, 2.45) is 0 Å². The molecule has 4 heterocycles. The van der Waals surface area contributed by atoms with Crippen LogP contribution in [-0.2, 0) is 0 Å². The maximum atomic E-state index is 9.53. The molecule has 1 fully saturated rings. The molecule has 1 aliphatic rings. The molecule has 1 aliphatic heterocycles. The summed E-state index contributed by atoms with van der Waals surface area (Å²) in [5.74, 6) is 0.934. The summed E-state index contributed by atoms with van der Waals surface area (Å²) in [5.41, 5.74) is 3.67. The van der Waals surface area contributed by atoms with E-state index in [9.17, 15) is 5.26 Å². The molecule has 0 aromatic carbocycles. The second kappa shape index (κ2) is 8.31. The second-order valence-corrected chi connectivity index (χ2v) is 7.17. The fraction of sp³-hybridized carbons (Fsp3) is 0.286. The lowest BCUT2D eigenvalue weighted by atomic mass is 10.1. The van der Waals surface area contributed by atoms with Gasteiger partial charge in [-0.25, -0.2) is 14.5 Å². The zero-order valence-electron chi connectivity index (χ0n) is 17.0. The monoisotopic (exact) mass is 401 g/mol. The number of rotatable bonds is 5. The van der Waals surface area contributed by atoms with Crippen molar-refractivity contribution in [3.8, 4) is 17.3 Å². The Morgan fingerprint density at radius 3 is 2.67 bits per heavy atom. The number of piperazine rings is 1. The highest BCUT2D eigenvalue weighted by molar-refractivity contribution is 6.07. The Hall–Kier alpha value is -3.77. The van der Waals surface area contributed by atoms with Gasteiger partial charge in [-0.2, -0.15) is 10.4 Å². The molecule has 152 valence electrons. The van der Waals surface area contributed by atoms with Gasteiger partial charge in [-0.15, -0.1) is 0 Å². The Labute approximate surface area is 174 Å². The van der Waals surface area contributed by atoms with Crippen LogP contribution >= 0.6 is 0 Å². The lowest BCUT2D eigenvalue weighted by molar-refractivity contribution is 0.312. The van der Waals surface area contributed by atoms with E-state index in [1.54, 1.807) is 30.2 Å². The predicted molar refractivity (Wildman–Crippen MR) is 116 cm³/mol. The lowest BCUT2D eigenvalue weighted by Gasteiger charge is -2.33. The lowest BCUT2D eigenvalue weighted by Crippen LogP contribution is -2.44. The Bertz CT molecular complexity index is 1130. The van der Waals surface area contributed by atoms with Crippen LogP contribution in [0.15, 0.2) is 36.9 Å². The SMILES string of the molecule is CN/C=C(\C=N)c1cn2ncc(C#N)c2c(-c2ccc(N3CCN(C)CC3)nc2)n1. The molecule has 3 aromatic heterocycles. The number of hydrogen-bond acceptors (Lipinski definition) is 8. The number of nitrogens with zero attached hydrogens (tertiary/aromatic N) is 7. The fourth-order valence-electron chi connectivity index (χ4n) is 3.53. The summed E-state index contributed by atoms with van der Waals surface area (Å²) in [6, 6.07) is 6.16. The average molecular weight is 401 g/mol. The third-order valence-electron chi connectivity index (χ3n) is 5.22. The van der Waals surface area contributed by atoms with E-state index >= 15 is 0 Å². The standard InChI is InChI=1S/C21H23N9/c1-24-11-16(9-22)18-14-30-21(17(10-23)13-26-30)20(27-18)15-3-4-19(25-12-15)29-7-5-28(2)6-8-29/h3-4,9,11-14,22,24H,5-8H2,1-2H3/b16-11+,22-9?. The van der Waals surface area contributed by atoms with Gasteiger partial charge in [0.25, 0.3) is 0 Å². The van der Waals surface area contributed by atoms with Crippen LogP contribution in [0.4, 0.5) is 5.82 Å². The van der Waals surface area contributed by atoms with Crippen LogP contribution < -0.4 is 10.2 Å². The number of aromatic nitrogens is 4. The number of pyridine rings is 1. The fourth-order valence-corrected chi connectivity index (χ4v) is 3.53. The highest BCUT2D eigenvalue weighted by Gasteiger charge is 2.18. The molecule has 0 bridgehead atoms. The van der Waals surface area contributed by atoms with Crippen molar-refractivity contribution in [3.05, 3.63) is 48.2 Å². The van der Waals surface area contributed by atoms with Crippen LogP contribution in [0.1, 0.15) is 11.3 Å². The summed E-state index contributed by atoms with van der Waals surface area (Å²) >= 11 is 0. The Balaban J connectivity index is 1.79. The Kier molecular flexibility index (Phi) is 5.41. The van der Waals surface area contributed by atoms with E-state index in [-0.39, 0.29) is 0 Å². The summed E-state index contributed by atoms with van der Waals surface area (Å²) in [4.78, 5) is 14.0. The van der Waals surface area contributed by atoms with E-state index in [2.05, 4.69) is 38.3 Å². The normalized spacial score (nSPS) is 15.2. The minimum Gasteiger partial charge on any atom is -0.393 e. The number of allylic oxidation sites excluding steroid dienone is 1. The summed E-state index contributed by atoms with van der Waals surface area (Å²) in [6.07, 6.45) is 7.98. The van der Waals surface area contributed by atoms with E-state index in [1.807, 2.05) is 12.1 Å². The van der Waals surface area contributed by atoms with Crippen LogP contribution in [0.2, 0.25) is 0 Å². The number of hydrogen-bond donors (Lipinski definition) is 2. The molecule has 3 aromatic rings. The predicted octanol–water partition coefficient (Wildman–Crippen LogP) is 1.62. The quantitative estimate of drug-likeness (QED) is 0.625. The van der Waals surface area contributed by atoms with Crippen molar-refractivity contribution in [1.82, 2.24) is 29.8 Å². The molecule has 0 radical (unpaired) electrons. The van der Waals surface area contributed by atoms with Gasteiger partial charge in [0.05, 0.1) is 23.8 Å². The summed E-state index contributed by atoms with van der Waals surface area (Å²) in [7, 11) is 3.90. The minimum absolute atomic E-state index is 0.446. The third kappa shape index (κ3) is 3.60. The molecule has 0 aliphatic carbocycles. The highest BCUT2D eigenvalue weighted by Crippen LogP contribution is 2.28. The molecule has 9 nitrogen and oxygen atoms in total. The summed E-state index contributed by atoms with van der Waals surface area (Å²) < 4.78 is 1.64. The number of likely N-dealkylation sites (N-methyl/N-ethyl adjacent to an activating group) is 1. The van der Waals surface area contributed by atoms with E-state index < -0.39 is 0 Å². The molecule has 0 spiro atoms. The third-order valence-corrected chi connectivity index (χ3v) is 5.22. The number of nitrogens with one attached hydrogen (secondary N) is 2. The maximum Gasteiger partial charge on any atom is 0.128 e. The van der Waals surface area contributed by atoms with Gasteiger partial charge in [-0.05, 0) is 19.2 Å². The van der Waals surface area contributed by atoms with Gasteiger partial charge in [0, 0.05) is 63.0 Å². The summed E-state index contributed by atoms with van der Waals surface area (Å²) in [6.45, 7) is 3.91. The minimum atomic E-state index is 0.446. The zero-order valence-corrected chi connectivity index (χ0v) is 17.0. The molecular weight excluding hydrogens is 378 g/mol. The van der Waals surface area contributed by atoms with Gasteiger partial charge < -0.3 is 20.5 Å². The van der Waals surface area contributed by atoms with Gasteiger partial charge >= 0.3 is 0 Å². The van der Waals surface area contributed by atoms with E-state index in [4.69, 9.17) is 10.4 Å². The first kappa shape index (κ1) is 19.5. The first-order valence-electron chi connectivity index (χ1n) is 9.71.